The van der Waals surface area contributed by atoms with Crippen molar-refractivity contribution in [2.24, 2.45) is 0 Å². The molecule has 0 spiro atoms. The molecule has 0 radical (unpaired) electrons. The first-order valence-corrected chi connectivity index (χ1v) is 17.9. The average Bonchev–Trinajstić information content (AvgIpc) is 2.97. The maximum atomic E-state index is 6.16. The Morgan fingerprint density at radius 3 is 1.25 bits per heavy atom. The molecule has 4 heteroatoms. The zero-order valence-corrected chi connectivity index (χ0v) is 27.6. The van der Waals surface area contributed by atoms with Crippen LogP contribution in [0.25, 0.3) is 0 Å². The van der Waals surface area contributed by atoms with Gasteiger partial charge in [0.2, 0.25) is 0 Å². The molecule has 0 amide bonds. The van der Waals surface area contributed by atoms with E-state index in [-0.39, 0.29) is 6.29 Å². The van der Waals surface area contributed by atoms with Crippen LogP contribution in [0.2, 0.25) is 0 Å². The summed E-state index contributed by atoms with van der Waals surface area (Å²) >= 11 is 0. The minimum atomic E-state index is -0.100. The van der Waals surface area contributed by atoms with Gasteiger partial charge in [0.15, 0.2) is 13.1 Å². The van der Waals surface area contributed by atoms with Crippen molar-refractivity contribution in [2.75, 3.05) is 26.6 Å². The van der Waals surface area contributed by atoms with Gasteiger partial charge in [-0.15, -0.1) is 0 Å². The summed E-state index contributed by atoms with van der Waals surface area (Å²) in [4.78, 5) is 0. The Morgan fingerprint density at radius 1 is 0.450 bits per heavy atom. The molecule has 240 valence electrons. The average molecular weight is 569 g/mol. The SMILES string of the molecule is CCCCCCCCCCOCOC=CCCC(OCCCCCCCCCC)OCCCCCCCCCC. The monoisotopic (exact) mass is 569 g/mol. The minimum absolute atomic E-state index is 0.100. The molecule has 0 aliphatic carbocycles. The summed E-state index contributed by atoms with van der Waals surface area (Å²) in [7, 11) is 0. The molecule has 0 aromatic rings. The Labute approximate surface area is 251 Å². The summed E-state index contributed by atoms with van der Waals surface area (Å²) in [5.74, 6) is 0. The zero-order chi connectivity index (χ0) is 29.0. The van der Waals surface area contributed by atoms with Crippen molar-refractivity contribution in [1.82, 2.24) is 0 Å². The standard InChI is InChI=1S/C36H72O4/c1-4-7-10-13-16-19-22-26-31-37-35-38-32-29-25-30-36(39-33-27-23-20-17-14-11-8-5-2)40-34-28-24-21-18-15-12-9-6-3/h29,32,36H,4-28,30-31,33-35H2,1-3H3. The second kappa shape index (κ2) is 36.4. The number of ether oxygens (including phenoxy) is 4. The number of hydrogen-bond donors (Lipinski definition) is 0. The molecule has 0 unspecified atom stereocenters. The quantitative estimate of drug-likeness (QED) is 0.0433. The highest BCUT2D eigenvalue weighted by atomic mass is 16.7. The van der Waals surface area contributed by atoms with Gasteiger partial charge in [-0.3, -0.25) is 0 Å². The van der Waals surface area contributed by atoms with E-state index >= 15 is 0 Å². The van der Waals surface area contributed by atoms with Gasteiger partial charge in [0, 0.05) is 19.6 Å². The van der Waals surface area contributed by atoms with E-state index in [9.17, 15) is 0 Å². The smallest absolute Gasteiger partial charge is 0.188 e. The zero-order valence-electron chi connectivity index (χ0n) is 27.6. The van der Waals surface area contributed by atoms with E-state index in [0.717, 1.165) is 51.9 Å². The van der Waals surface area contributed by atoms with Crippen LogP contribution in [0.5, 0.6) is 0 Å². The molecule has 0 atom stereocenters. The van der Waals surface area contributed by atoms with Crippen molar-refractivity contribution >= 4 is 0 Å². The first kappa shape index (κ1) is 39.4. The molecule has 0 fully saturated rings. The number of unbranched alkanes of at least 4 members (excludes halogenated alkanes) is 21. The van der Waals surface area contributed by atoms with E-state index in [1.807, 2.05) is 0 Å². The van der Waals surface area contributed by atoms with Gasteiger partial charge in [0.05, 0.1) is 12.9 Å². The first-order chi connectivity index (χ1) is 19.8. The van der Waals surface area contributed by atoms with Crippen LogP contribution in [0.15, 0.2) is 12.3 Å². The normalized spacial score (nSPS) is 11.8. The summed E-state index contributed by atoms with van der Waals surface area (Å²) in [5.41, 5.74) is 0. The second-order valence-electron chi connectivity index (χ2n) is 11.7. The van der Waals surface area contributed by atoms with E-state index in [2.05, 4.69) is 26.8 Å². The molecule has 0 rings (SSSR count). The maximum absolute atomic E-state index is 6.16. The fraction of sp³-hybridized carbons (Fsp3) is 0.944. The Kier molecular flexibility index (Phi) is 35.9. The maximum Gasteiger partial charge on any atom is 0.188 e. The highest BCUT2D eigenvalue weighted by Gasteiger charge is 2.08. The van der Waals surface area contributed by atoms with Gasteiger partial charge in [-0.2, -0.15) is 0 Å². The van der Waals surface area contributed by atoms with Crippen LogP contribution >= 0.6 is 0 Å². The van der Waals surface area contributed by atoms with Gasteiger partial charge in [-0.05, 0) is 31.8 Å². The van der Waals surface area contributed by atoms with Gasteiger partial charge in [0.25, 0.3) is 0 Å². The lowest BCUT2D eigenvalue weighted by molar-refractivity contribution is -0.146. The van der Waals surface area contributed by atoms with E-state index < -0.39 is 0 Å². The number of rotatable bonds is 35. The fourth-order valence-corrected chi connectivity index (χ4v) is 4.97. The number of allylic oxidation sites excluding steroid dienone is 1. The van der Waals surface area contributed by atoms with Crippen LogP contribution in [0, 0.1) is 0 Å². The topological polar surface area (TPSA) is 36.9 Å². The van der Waals surface area contributed by atoms with E-state index in [1.54, 1.807) is 6.26 Å². The van der Waals surface area contributed by atoms with Crippen molar-refractivity contribution in [3.8, 4) is 0 Å². The molecule has 40 heavy (non-hydrogen) atoms. The van der Waals surface area contributed by atoms with E-state index in [1.165, 1.54) is 135 Å². The van der Waals surface area contributed by atoms with Crippen molar-refractivity contribution in [3.05, 3.63) is 12.3 Å². The molecule has 0 N–H and O–H groups in total. The highest BCUT2D eigenvalue weighted by molar-refractivity contribution is 4.73. The molecule has 0 bridgehead atoms. The van der Waals surface area contributed by atoms with Gasteiger partial charge in [-0.1, -0.05) is 156 Å². The molecule has 0 saturated carbocycles. The Bertz CT molecular complexity index is 446. The molecular weight excluding hydrogens is 496 g/mol. The van der Waals surface area contributed by atoms with Crippen LogP contribution < -0.4 is 0 Å². The van der Waals surface area contributed by atoms with Gasteiger partial charge >= 0.3 is 0 Å². The Morgan fingerprint density at radius 2 is 0.825 bits per heavy atom. The van der Waals surface area contributed by atoms with Gasteiger partial charge < -0.3 is 18.9 Å². The Balaban J connectivity index is 3.90. The Hall–Kier alpha value is -0.580. The molecule has 0 heterocycles. The van der Waals surface area contributed by atoms with Crippen LogP contribution in [-0.4, -0.2) is 32.9 Å². The molecule has 0 aromatic carbocycles. The van der Waals surface area contributed by atoms with Crippen molar-refractivity contribution < 1.29 is 18.9 Å². The van der Waals surface area contributed by atoms with Crippen molar-refractivity contribution in [3.63, 3.8) is 0 Å². The minimum Gasteiger partial charge on any atom is -0.475 e. The number of hydrogen-bond acceptors (Lipinski definition) is 4. The summed E-state index contributed by atoms with van der Waals surface area (Å²) in [5, 5.41) is 0. The molecule has 0 aliphatic heterocycles. The third-order valence-electron chi connectivity index (χ3n) is 7.66. The summed E-state index contributed by atoms with van der Waals surface area (Å²) < 4.78 is 23.4. The summed E-state index contributed by atoms with van der Waals surface area (Å²) in [6.45, 7) is 9.59. The summed E-state index contributed by atoms with van der Waals surface area (Å²) in [6, 6.07) is 0. The summed E-state index contributed by atoms with van der Waals surface area (Å²) in [6.07, 6.45) is 37.3. The van der Waals surface area contributed by atoms with Crippen molar-refractivity contribution in [2.45, 2.75) is 194 Å². The van der Waals surface area contributed by atoms with Crippen LogP contribution in [0.4, 0.5) is 0 Å². The van der Waals surface area contributed by atoms with Crippen LogP contribution in [-0.2, 0) is 18.9 Å². The highest BCUT2D eigenvalue weighted by Crippen LogP contribution is 2.13. The molecule has 0 saturated heterocycles. The van der Waals surface area contributed by atoms with Gasteiger partial charge in [-0.25, -0.2) is 0 Å². The molecule has 0 aromatic heterocycles. The first-order valence-electron chi connectivity index (χ1n) is 17.9. The lowest BCUT2D eigenvalue weighted by atomic mass is 10.1. The third-order valence-corrected chi connectivity index (χ3v) is 7.66. The lowest BCUT2D eigenvalue weighted by Crippen LogP contribution is -2.18. The predicted molar refractivity (Wildman–Crippen MR) is 174 cm³/mol. The lowest BCUT2D eigenvalue weighted by Gasteiger charge is -2.18. The van der Waals surface area contributed by atoms with E-state index in [0.29, 0.717) is 6.79 Å². The third kappa shape index (κ3) is 33.6. The molecular formula is C36H72O4. The fourth-order valence-electron chi connectivity index (χ4n) is 4.97. The van der Waals surface area contributed by atoms with Gasteiger partial charge in [0.1, 0.15) is 0 Å². The molecule has 4 nitrogen and oxygen atoms in total. The second-order valence-corrected chi connectivity index (χ2v) is 11.7. The van der Waals surface area contributed by atoms with Crippen molar-refractivity contribution in [1.29, 1.82) is 0 Å². The predicted octanol–water partition coefficient (Wildman–Crippen LogP) is 12.1. The van der Waals surface area contributed by atoms with Crippen LogP contribution in [0.3, 0.4) is 0 Å². The van der Waals surface area contributed by atoms with Crippen LogP contribution in [0.1, 0.15) is 188 Å². The van der Waals surface area contributed by atoms with E-state index in [4.69, 9.17) is 18.9 Å². The molecule has 0 aliphatic rings. The largest absolute Gasteiger partial charge is 0.475 e.